The van der Waals surface area contributed by atoms with Gasteiger partial charge in [0.05, 0.1) is 4.92 Å². The van der Waals surface area contributed by atoms with Crippen LogP contribution in [0.5, 0.6) is 0 Å². The molecule has 1 rings (SSSR count). The predicted molar refractivity (Wildman–Crippen MR) is 50.9 cm³/mol. The highest BCUT2D eigenvalue weighted by Crippen LogP contribution is 2.23. The molecule has 70 valence electrons. The lowest BCUT2D eigenvalue weighted by Crippen LogP contribution is -2.05. The van der Waals surface area contributed by atoms with Crippen LogP contribution in [-0.4, -0.2) is 11.5 Å². The van der Waals surface area contributed by atoms with Gasteiger partial charge in [-0.3, -0.25) is 10.1 Å². The average molecular weight is 201 g/mol. The number of rotatable bonds is 3. The normalized spacial score (nSPS) is 10.0. The Bertz CT molecular complexity index is 328. The van der Waals surface area contributed by atoms with Gasteiger partial charge < -0.3 is 5.73 Å². The third-order valence-electron chi connectivity index (χ3n) is 1.66. The summed E-state index contributed by atoms with van der Waals surface area (Å²) in [4.78, 5) is 10.1. The molecule has 1 aromatic carbocycles. The number of nitro benzene ring substituents is 1. The lowest BCUT2D eigenvalue weighted by Gasteiger charge is -2.00. The standard InChI is InChI=1S/C8H9ClN2O2/c9-7-2-1-6(3-4-10)8(5-7)11(12)13/h1-2,5H,3-4,10H2. The van der Waals surface area contributed by atoms with Crippen LogP contribution >= 0.6 is 11.6 Å². The maximum absolute atomic E-state index is 10.6. The quantitative estimate of drug-likeness (QED) is 0.597. The third-order valence-corrected chi connectivity index (χ3v) is 1.89. The minimum atomic E-state index is -0.448. The molecular weight excluding hydrogens is 192 g/mol. The highest BCUT2D eigenvalue weighted by Gasteiger charge is 2.12. The van der Waals surface area contributed by atoms with E-state index >= 15 is 0 Å². The number of halogens is 1. The fourth-order valence-corrected chi connectivity index (χ4v) is 1.24. The molecule has 0 bridgehead atoms. The summed E-state index contributed by atoms with van der Waals surface area (Å²) in [6.07, 6.45) is 0.494. The van der Waals surface area contributed by atoms with Gasteiger partial charge in [-0.25, -0.2) is 0 Å². The second kappa shape index (κ2) is 4.20. The summed E-state index contributed by atoms with van der Waals surface area (Å²) in [5.41, 5.74) is 5.97. The number of hydrogen-bond donors (Lipinski definition) is 1. The molecule has 0 radical (unpaired) electrons. The zero-order chi connectivity index (χ0) is 9.84. The maximum atomic E-state index is 10.6. The summed E-state index contributed by atoms with van der Waals surface area (Å²) in [5, 5.41) is 10.9. The molecular formula is C8H9ClN2O2. The van der Waals surface area contributed by atoms with E-state index in [0.29, 0.717) is 23.6 Å². The Kier molecular flexibility index (Phi) is 3.22. The van der Waals surface area contributed by atoms with Gasteiger partial charge in [-0.1, -0.05) is 17.7 Å². The summed E-state index contributed by atoms with van der Waals surface area (Å²) in [6, 6.07) is 4.60. The molecule has 0 aliphatic rings. The van der Waals surface area contributed by atoms with E-state index in [1.165, 1.54) is 6.07 Å². The molecule has 0 unspecified atom stereocenters. The highest BCUT2D eigenvalue weighted by atomic mass is 35.5. The predicted octanol–water partition coefficient (Wildman–Crippen LogP) is 1.75. The topological polar surface area (TPSA) is 69.2 Å². The molecule has 0 spiro atoms. The van der Waals surface area contributed by atoms with Crippen molar-refractivity contribution in [3.05, 3.63) is 38.9 Å². The van der Waals surface area contributed by atoms with Crippen LogP contribution in [0.2, 0.25) is 5.02 Å². The zero-order valence-electron chi connectivity index (χ0n) is 6.87. The van der Waals surface area contributed by atoms with E-state index in [1.54, 1.807) is 12.1 Å². The number of nitrogens with two attached hydrogens (primary N) is 1. The Balaban J connectivity index is 3.10. The lowest BCUT2D eigenvalue weighted by molar-refractivity contribution is -0.385. The highest BCUT2D eigenvalue weighted by molar-refractivity contribution is 6.30. The maximum Gasteiger partial charge on any atom is 0.274 e. The molecule has 0 aliphatic heterocycles. The molecule has 0 heterocycles. The molecule has 0 saturated carbocycles. The van der Waals surface area contributed by atoms with Crippen molar-refractivity contribution in [3.8, 4) is 0 Å². The Labute approximate surface area is 80.5 Å². The van der Waals surface area contributed by atoms with Crippen LogP contribution in [0.4, 0.5) is 5.69 Å². The summed E-state index contributed by atoms with van der Waals surface area (Å²) >= 11 is 5.63. The van der Waals surface area contributed by atoms with Crippen molar-refractivity contribution in [2.24, 2.45) is 5.73 Å². The number of hydrogen-bond acceptors (Lipinski definition) is 3. The lowest BCUT2D eigenvalue weighted by atomic mass is 10.1. The average Bonchev–Trinajstić information content (AvgIpc) is 2.08. The van der Waals surface area contributed by atoms with Gasteiger partial charge in [0.15, 0.2) is 0 Å². The van der Waals surface area contributed by atoms with E-state index < -0.39 is 4.92 Å². The van der Waals surface area contributed by atoms with Crippen LogP contribution in [0, 0.1) is 10.1 Å². The molecule has 0 aromatic heterocycles. The molecule has 0 atom stereocenters. The molecule has 4 nitrogen and oxygen atoms in total. The summed E-state index contributed by atoms with van der Waals surface area (Å²) in [6.45, 7) is 0.391. The summed E-state index contributed by atoms with van der Waals surface area (Å²) in [7, 11) is 0. The van der Waals surface area contributed by atoms with Gasteiger partial charge in [0.2, 0.25) is 0 Å². The van der Waals surface area contributed by atoms with Crippen LogP contribution in [0.1, 0.15) is 5.56 Å². The van der Waals surface area contributed by atoms with Crippen LogP contribution in [0.15, 0.2) is 18.2 Å². The van der Waals surface area contributed by atoms with E-state index in [0.717, 1.165) is 0 Å². The van der Waals surface area contributed by atoms with Gasteiger partial charge in [0.25, 0.3) is 5.69 Å². The largest absolute Gasteiger partial charge is 0.330 e. The first-order valence-electron chi connectivity index (χ1n) is 3.78. The van der Waals surface area contributed by atoms with Crippen molar-refractivity contribution >= 4 is 17.3 Å². The summed E-state index contributed by atoms with van der Waals surface area (Å²) in [5.74, 6) is 0. The molecule has 0 fully saturated rings. The van der Waals surface area contributed by atoms with Crippen molar-refractivity contribution in [3.63, 3.8) is 0 Å². The second-order valence-electron chi connectivity index (χ2n) is 2.57. The number of nitro groups is 1. The Morgan fingerprint density at radius 1 is 1.54 bits per heavy atom. The van der Waals surface area contributed by atoms with Gasteiger partial charge in [-0.05, 0) is 19.0 Å². The molecule has 2 N–H and O–H groups in total. The van der Waals surface area contributed by atoms with Crippen LogP contribution < -0.4 is 5.73 Å². The number of benzene rings is 1. The third kappa shape index (κ3) is 2.40. The van der Waals surface area contributed by atoms with Gasteiger partial charge in [-0.15, -0.1) is 0 Å². The van der Waals surface area contributed by atoms with E-state index in [-0.39, 0.29) is 5.69 Å². The first-order chi connectivity index (χ1) is 6.15. The summed E-state index contributed by atoms with van der Waals surface area (Å²) < 4.78 is 0. The first-order valence-corrected chi connectivity index (χ1v) is 4.16. The second-order valence-corrected chi connectivity index (χ2v) is 3.01. The molecule has 0 aliphatic carbocycles. The van der Waals surface area contributed by atoms with E-state index in [1.807, 2.05) is 0 Å². The molecule has 1 aromatic rings. The Morgan fingerprint density at radius 3 is 2.77 bits per heavy atom. The fraction of sp³-hybridized carbons (Fsp3) is 0.250. The molecule has 13 heavy (non-hydrogen) atoms. The van der Waals surface area contributed by atoms with Gasteiger partial charge in [0, 0.05) is 16.7 Å². The minimum Gasteiger partial charge on any atom is -0.330 e. The van der Waals surface area contributed by atoms with Crippen molar-refractivity contribution in [1.29, 1.82) is 0 Å². The van der Waals surface area contributed by atoms with Crippen LogP contribution in [0.3, 0.4) is 0 Å². The van der Waals surface area contributed by atoms with Gasteiger partial charge >= 0.3 is 0 Å². The van der Waals surface area contributed by atoms with Crippen LogP contribution in [-0.2, 0) is 6.42 Å². The van der Waals surface area contributed by atoms with Crippen molar-refractivity contribution in [2.75, 3.05) is 6.54 Å². The molecule has 0 amide bonds. The smallest absolute Gasteiger partial charge is 0.274 e. The minimum absolute atomic E-state index is 0.0398. The van der Waals surface area contributed by atoms with E-state index in [4.69, 9.17) is 17.3 Å². The van der Waals surface area contributed by atoms with E-state index in [9.17, 15) is 10.1 Å². The van der Waals surface area contributed by atoms with Crippen molar-refractivity contribution < 1.29 is 4.92 Å². The van der Waals surface area contributed by atoms with Crippen molar-refractivity contribution in [2.45, 2.75) is 6.42 Å². The molecule has 0 saturated heterocycles. The van der Waals surface area contributed by atoms with Crippen LogP contribution in [0.25, 0.3) is 0 Å². The Morgan fingerprint density at radius 2 is 2.23 bits per heavy atom. The van der Waals surface area contributed by atoms with Gasteiger partial charge in [-0.2, -0.15) is 0 Å². The first kappa shape index (κ1) is 9.95. The van der Waals surface area contributed by atoms with Crippen molar-refractivity contribution in [1.82, 2.24) is 0 Å². The molecule has 5 heteroatoms. The fourth-order valence-electron chi connectivity index (χ4n) is 1.07. The number of nitrogens with zero attached hydrogens (tertiary/aromatic N) is 1. The SMILES string of the molecule is NCCc1ccc(Cl)cc1[N+](=O)[O-]. The van der Waals surface area contributed by atoms with E-state index in [2.05, 4.69) is 0 Å². The Hall–Kier alpha value is -1.13. The monoisotopic (exact) mass is 200 g/mol. The zero-order valence-corrected chi connectivity index (χ0v) is 7.62. The van der Waals surface area contributed by atoms with Gasteiger partial charge in [0.1, 0.15) is 0 Å².